The number of carbonyl (C=O) groups excluding carboxylic acids is 2. The second-order valence-corrected chi connectivity index (χ2v) is 6.18. The van der Waals surface area contributed by atoms with Crippen molar-refractivity contribution in [2.24, 2.45) is 11.8 Å². The number of hydrogen-bond acceptors (Lipinski definition) is 3. The Labute approximate surface area is 121 Å². The van der Waals surface area contributed by atoms with E-state index in [0.717, 1.165) is 45.4 Å². The first-order valence-electron chi connectivity index (χ1n) is 7.93. The number of likely N-dealkylation sites (tertiary alicyclic amines) is 1. The highest BCUT2D eigenvalue weighted by molar-refractivity contribution is 5.80. The molecule has 2 aliphatic heterocycles. The third-order valence-electron chi connectivity index (χ3n) is 4.29. The van der Waals surface area contributed by atoms with Gasteiger partial charge in [-0.15, -0.1) is 0 Å². The molecule has 2 amide bonds. The van der Waals surface area contributed by atoms with Crippen LogP contribution in [0.15, 0.2) is 0 Å². The van der Waals surface area contributed by atoms with Gasteiger partial charge in [0, 0.05) is 32.6 Å². The normalized spacial score (nSPS) is 27.1. The third-order valence-corrected chi connectivity index (χ3v) is 4.29. The van der Waals surface area contributed by atoms with Gasteiger partial charge in [0.15, 0.2) is 0 Å². The molecular weight excluding hydrogens is 254 g/mol. The zero-order valence-corrected chi connectivity index (χ0v) is 12.5. The molecule has 2 unspecified atom stereocenters. The highest BCUT2D eigenvalue weighted by Gasteiger charge is 2.24. The van der Waals surface area contributed by atoms with Gasteiger partial charge < -0.3 is 15.5 Å². The molecule has 2 saturated heterocycles. The standard InChI is InChI=1S/C15H27N3O2/c1-12-9-13(11-16-10-12)15(20)17-6-5-14(19)18-7-3-2-4-8-18/h12-13,16H,2-11H2,1H3,(H,17,20). The lowest BCUT2D eigenvalue weighted by atomic mass is 9.91. The van der Waals surface area contributed by atoms with E-state index in [0.29, 0.717) is 18.9 Å². The second-order valence-electron chi connectivity index (χ2n) is 6.18. The average Bonchev–Trinajstić information content (AvgIpc) is 2.48. The van der Waals surface area contributed by atoms with Crippen LogP contribution < -0.4 is 10.6 Å². The molecule has 2 fully saturated rings. The van der Waals surface area contributed by atoms with Crippen molar-refractivity contribution in [3.8, 4) is 0 Å². The van der Waals surface area contributed by atoms with E-state index in [4.69, 9.17) is 0 Å². The molecule has 5 nitrogen and oxygen atoms in total. The fourth-order valence-corrected chi connectivity index (χ4v) is 3.09. The summed E-state index contributed by atoms with van der Waals surface area (Å²) in [6, 6.07) is 0. The Morgan fingerprint density at radius 1 is 1.20 bits per heavy atom. The molecule has 2 rings (SSSR count). The number of piperidine rings is 2. The summed E-state index contributed by atoms with van der Waals surface area (Å²) in [5.41, 5.74) is 0. The van der Waals surface area contributed by atoms with Crippen molar-refractivity contribution >= 4 is 11.8 Å². The van der Waals surface area contributed by atoms with Crippen molar-refractivity contribution in [3.05, 3.63) is 0 Å². The summed E-state index contributed by atoms with van der Waals surface area (Å²) >= 11 is 0. The summed E-state index contributed by atoms with van der Waals surface area (Å²) in [4.78, 5) is 25.9. The molecule has 20 heavy (non-hydrogen) atoms. The first-order valence-corrected chi connectivity index (χ1v) is 7.93. The molecule has 2 heterocycles. The first kappa shape index (κ1) is 15.3. The number of amides is 2. The Morgan fingerprint density at radius 3 is 2.65 bits per heavy atom. The minimum Gasteiger partial charge on any atom is -0.355 e. The van der Waals surface area contributed by atoms with E-state index in [1.165, 1.54) is 6.42 Å². The Morgan fingerprint density at radius 2 is 1.95 bits per heavy atom. The Kier molecular flexibility index (Phi) is 5.83. The summed E-state index contributed by atoms with van der Waals surface area (Å²) < 4.78 is 0. The van der Waals surface area contributed by atoms with E-state index in [9.17, 15) is 9.59 Å². The van der Waals surface area contributed by atoms with Crippen LogP contribution in [-0.4, -0.2) is 49.4 Å². The van der Waals surface area contributed by atoms with Gasteiger partial charge >= 0.3 is 0 Å². The molecule has 0 aromatic rings. The zero-order chi connectivity index (χ0) is 14.4. The minimum absolute atomic E-state index is 0.0591. The molecule has 0 aromatic carbocycles. The van der Waals surface area contributed by atoms with Crippen molar-refractivity contribution in [3.63, 3.8) is 0 Å². The van der Waals surface area contributed by atoms with Crippen molar-refractivity contribution in [2.75, 3.05) is 32.7 Å². The Hall–Kier alpha value is -1.10. The summed E-state index contributed by atoms with van der Waals surface area (Å²) in [6.07, 6.45) is 4.83. The lowest BCUT2D eigenvalue weighted by Gasteiger charge is -2.28. The molecule has 2 atom stereocenters. The molecule has 2 aliphatic rings. The molecule has 114 valence electrons. The molecule has 0 aromatic heterocycles. The van der Waals surface area contributed by atoms with Gasteiger partial charge in [-0.2, -0.15) is 0 Å². The Bertz CT molecular complexity index is 340. The van der Waals surface area contributed by atoms with Crippen LogP contribution in [0.5, 0.6) is 0 Å². The van der Waals surface area contributed by atoms with Crippen LogP contribution in [0, 0.1) is 11.8 Å². The van der Waals surface area contributed by atoms with E-state index < -0.39 is 0 Å². The van der Waals surface area contributed by atoms with Gasteiger partial charge in [0.2, 0.25) is 11.8 Å². The maximum Gasteiger partial charge on any atom is 0.224 e. The van der Waals surface area contributed by atoms with Crippen molar-refractivity contribution in [2.45, 2.75) is 39.0 Å². The van der Waals surface area contributed by atoms with Crippen LogP contribution in [-0.2, 0) is 9.59 Å². The molecule has 0 saturated carbocycles. The molecule has 2 N–H and O–H groups in total. The van der Waals surface area contributed by atoms with Gasteiger partial charge in [-0.3, -0.25) is 9.59 Å². The number of hydrogen-bond donors (Lipinski definition) is 2. The summed E-state index contributed by atoms with van der Waals surface area (Å²) in [7, 11) is 0. The molecule has 0 bridgehead atoms. The topological polar surface area (TPSA) is 61.4 Å². The predicted octanol–water partition coefficient (Wildman–Crippen LogP) is 0.751. The van der Waals surface area contributed by atoms with Crippen LogP contribution in [0.4, 0.5) is 0 Å². The SMILES string of the molecule is CC1CNCC(C(=O)NCCC(=O)N2CCCCC2)C1. The number of carbonyl (C=O) groups is 2. The molecule has 0 aliphatic carbocycles. The maximum atomic E-state index is 12.0. The monoisotopic (exact) mass is 281 g/mol. The van der Waals surface area contributed by atoms with Gasteiger partial charge in [0.05, 0.1) is 5.92 Å². The van der Waals surface area contributed by atoms with Crippen LogP contribution in [0.1, 0.15) is 39.0 Å². The highest BCUT2D eigenvalue weighted by atomic mass is 16.2. The van der Waals surface area contributed by atoms with E-state index >= 15 is 0 Å². The predicted molar refractivity (Wildman–Crippen MR) is 78.2 cm³/mol. The number of rotatable bonds is 4. The van der Waals surface area contributed by atoms with Crippen LogP contribution >= 0.6 is 0 Å². The maximum absolute atomic E-state index is 12.0. The minimum atomic E-state index is 0.0591. The summed E-state index contributed by atoms with van der Waals surface area (Å²) in [5.74, 6) is 0.883. The van der Waals surface area contributed by atoms with Gasteiger partial charge in [-0.25, -0.2) is 0 Å². The second kappa shape index (κ2) is 7.62. The van der Waals surface area contributed by atoms with E-state index in [-0.39, 0.29) is 17.7 Å². The third kappa shape index (κ3) is 4.47. The van der Waals surface area contributed by atoms with Gasteiger partial charge in [0.25, 0.3) is 0 Å². The number of nitrogens with zero attached hydrogens (tertiary/aromatic N) is 1. The van der Waals surface area contributed by atoms with E-state index in [1.807, 2.05) is 4.90 Å². The first-order chi connectivity index (χ1) is 9.66. The van der Waals surface area contributed by atoms with Gasteiger partial charge in [-0.1, -0.05) is 6.92 Å². The smallest absolute Gasteiger partial charge is 0.224 e. The quantitative estimate of drug-likeness (QED) is 0.799. The summed E-state index contributed by atoms with van der Waals surface area (Å²) in [6.45, 7) is 6.16. The van der Waals surface area contributed by atoms with Gasteiger partial charge in [-0.05, 0) is 38.1 Å². The van der Waals surface area contributed by atoms with Crippen LogP contribution in [0.2, 0.25) is 0 Å². The van der Waals surface area contributed by atoms with Crippen LogP contribution in [0.25, 0.3) is 0 Å². The Balaban J connectivity index is 1.64. The van der Waals surface area contributed by atoms with Crippen molar-refractivity contribution in [1.82, 2.24) is 15.5 Å². The largest absolute Gasteiger partial charge is 0.355 e. The van der Waals surface area contributed by atoms with E-state index in [1.54, 1.807) is 0 Å². The zero-order valence-electron chi connectivity index (χ0n) is 12.5. The summed E-state index contributed by atoms with van der Waals surface area (Å²) in [5, 5.41) is 6.20. The fraction of sp³-hybridized carbons (Fsp3) is 0.867. The van der Waals surface area contributed by atoms with E-state index in [2.05, 4.69) is 17.6 Å². The van der Waals surface area contributed by atoms with Gasteiger partial charge in [0.1, 0.15) is 0 Å². The lowest BCUT2D eigenvalue weighted by molar-refractivity contribution is -0.132. The van der Waals surface area contributed by atoms with Crippen LogP contribution in [0.3, 0.4) is 0 Å². The lowest BCUT2D eigenvalue weighted by Crippen LogP contribution is -2.44. The van der Waals surface area contributed by atoms with Crippen molar-refractivity contribution in [1.29, 1.82) is 0 Å². The highest BCUT2D eigenvalue weighted by Crippen LogP contribution is 2.15. The molecular formula is C15H27N3O2. The van der Waals surface area contributed by atoms with Crippen molar-refractivity contribution < 1.29 is 9.59 Å². The molecule has 0 radical (unpaired) electrons. The fourth-order valence-electron chi connectivity index (χ4n) is 3.09. The molecule has 0 spiro atoms. The average molecular weight is 281 g/mol. The molecule has 5 heteroatoms. The number of nitrogens with one attached hydrogen (secondary N) is 2.